The molecule has 0 aromatic heterocycles. The summed E-state index contributed by atoms with van der Waals surface area (Å²) >= 11 is 0. The molecule has 1 heterocycles. The smallest absolute Gasteiger partial charge is 0.275 e. The number of hydroxylamine groups is 2. The molecular formula is C10H10F2N2O3. The lowest BCUT2D eigenvalue weighted by Crippen LogP contribution is -2.41. The fourth-order valence-electron chi connectivity index (χ4n) is 2.12. The Bertz CT molecular complexity index is 450. The molecule has 2 rings (SSSR count). The van der Waals surface area contributed by atoms with Crippen LogP contribution in [0, 0.1) is 27.0 Å². The number of nitrogens with zero attached hydrogens (tertiary/aromatic N) is 2. The van der Waals surface area contributed by atoms with Gasteiger partial charge in [0.05, 0.1) is 30.1 Å². The van der Waals surface area contributed by atoms with Gasteiger partial charge in [0.1, 0.15) is 0 Å². The number of rotatable bonds is 2. The summed E-state index contributed by atoms with van der Waals surface area (Å²) in [5.41, 5.74) is -1.30. The predicted molar refractivity (Wildman–Crippen MR) is 57.1 cm³/mol. The number of non-ortho nitro benzene ring substituents is 1. The molecule has 0 spiro atoms. The maximum atomic E-state index is 13.6. The second-order valence-electron chi connectivity index (χ2n) is 4.06. The van der Waals surface area contributed by atoms with E-state index >= 15 is 0 Å². The van der Waals surface area contributed by atoms with Gasteiger partial charge in [-0.2, -0.15) is 8.78 Å². The van der Waals surface area contributed by atoms with Crippen molar-refractivity contribution in [3.63, 3.8) is 0 Å². The van der Waals surface area contributed by atoms with Crippen LogP contribution in [0.1, 0.15) is 12.8 Å². The molecule has 5 nitrogen and oxygen atoms in total. The van der Waals surface area contributed by atoms with Crippen molar-refractivity contribution >= 4 is 11.4 Å². The SMILES string of the molecule is O=[N+]([O-])c1cc(F)c([N+]2([O-])CCCC2)c(F)c1. The molecule has 0 saturated carbocycles. The highest BCUT2D eigenvalue weighted by Gasteiger charge is 2.33. The van der Waals surface area contributed by atoms with Crippen molar-refractivity contribution < 1.29 is 13.7 Å². The average molecular weight is 244 g/mol. The van der Waals surface area contributed by atoms with Gasteiger partial charge in [0.2, 0.25) is 5.69 Å². The van der Waals surface area contributed by atoms with Crippen LogP contribution in [0.25, 0.3) is 0 Å². The highest BCUT2D eigenvalue weighted by molar-refractivity contribution is 5.52. The molecule has 0 radical (unpaired) electrons. The fraction of sp³-hybridized carbons (Fsp3) is 0.400. The Morgan fingerprint density at radius 3 is 2.06 bits per heavy atom. The number of hydrogen-bond donors (Lipinski definition) is 0. The Kier molecular flexibility index (Phi) is 2.80. The molecular weight excluding hydrogens is 234 g/mol. The molecule has 0 bridgehead atoms. The highest BCUT2D eigenvalue weighted by Crippen LogP contribution is 2.35. The molecule has 17 heavy (non-hydrogen) atoms. The Morgan fingerprint density at radius 2 is 1.65 bits per heavy atom. The zero-order chi connectivity index (χ0) is 12.6. The Hall–Kier alpha value is -1.60. The fourth-order valence-corrected chi connectivity index (χ4v) is 2.12. The minimum atomic E-state index is -1.14. The van der Waals surface area contributed by atoms with Crippen molar-refractivity contribution in [1.29, 1.82) is 0 Å². The van der Waals surface area contributed by atoms with E-state index in [-0.39, 0.29) is 13.1 Å². The Labute approximate surface area is 95.6 Å². The molecule has 0 atom stereocenters. The van der Waals surface area contributed by atoms with E-state index in [1.165, 1.54) is 0 Å². The summed E-state index contributed by atoms with van der Waals surface area (Å²) in [6.45, 7) is 0.206. The Balaban J connectivity index is 2.52. The van der Waals surface area contributed by atoms with Crippen molar-refractivity contribution in [3.8, 4) is 0 Å². The largest absolute Gasteiger partial charge is 0.627 e. The van der Waals surface area contributed by atoms with E-state index in [1.54, 1.807) is 0 Å². The third kappa shape index (κ3) is 1.98. The maximum Gasteiger partial charge on any atom is 0.275 e. The summed E-state index contributed by atoms with van der Waals surface area (Å²) < 4.78 is 26.1. The van der Waals surface area contributed by atoms with E-state index in [0.717, 1.165) is 0 Å². The number of halogens is 2. The first-order chi connectivity index (χ1) is 7.94. The summed E-state index contributed by atoms with van der Waals surface area (Å²) in [5, 5.41) is 22.5. The van der Waals surface area contributed by atoms with Crippen LogP contribution >= 0.6 is 0 Å². The van der Waals surface area contributed by atoms with Gasteiger partial charge in [-0.25, -0.2) is 0 Å². The first kappa shape index (κ1) is 11.9. The van der Waals surface area contributed by atoms with Gasteiger partial charge in [0.25, 0.3) is 5.69 Å². The third-order valence-corrected chi connectivity index (χ3v) is 2.91. The monoisotopic (exact) mass is 244 g/mol. The molecule has 0 amide bonds. The van der Waals surface area contributed by atoms with Gasteiger partial charge in [-0.15, -0.1) is 0 Å². The molecule has 1 aliphatic heterocycles. The summed E-state index contributed by atoms with van der Waals surface area (Å²) in [4.78, 5) is 9.51. The summed E-state index contributed by atoms with van der Waals surface area (Å²) in [7, 11) is 0. The van der Waals surface area contributed by atoms with Crippen LogP contribution < -0.4 is 4.65 Å². The molecule has 1 aliphatic rings. The quantitative estimate of drug-likeness (QED) is 0.347. The zero-order valence-corrected chi connectivity index (χ0v) is 8.86. The molecule has 0 unspecified atom stereocenters. The topological polar surface area (TPSA) is 66.2 Å². The van der Waals surface area contributed by atoms with Gasteiger partial charge in [-0.3, -0.25) is 10.1 Å². The molecule has 0 aliphatic carbocycles. The first-order valence-corrected chi connectivity index (χ1v) is 5.16. The molecule has 1 aromatic rings. The lowest BCUT2D eigenvalue weighted by Gasteiger charge is -2.37. The van der Waals surface area contributed by atoms with Crippen LogP contribution in [0.15, 0.2) is 12.1 Å². The van der Waals surface area contributed by atoms with Gasteiger partial charge in [-0.05, 0) is 0 Å². The minimum Gasteiger partial charge on any atom is -0.627 e. The number of nitro groups is 1. The molecule has 1 saturated heterocycles. The van der Waals surface area contributed by atoms with Crippen molar-refractivity contribution in [2.75, 3.05) is 13.1 Å². The van der Waals surface area contributed by atoms with Crippen molar-refractivity contribution in [2.45, 2.75) is 12.8 Å². The highest BCUT2D eigenvalue weighted by atomic mass is 19.1. The maximum absolute atomic E-state index is 13.6. The lowest BCUT2D eigenvalue weighted by molar-refractivity contribution is -0.385. The van der Waals surface area contributed by atoms with E-state index in [1.807, 2.05) is 0 Å². The van der Waals surface area contributed by atoms with Crippen LogP contribution in [0.3, 0.4) is 0 Å². The van der Waals surface area contributed by atoms with Crippen LogP contribution in [0.5, 0.6) is 0 Å². The van der Waals surface area contributed by atoms with E-state index in [2.05, 4.69) is 0 Å². The number of quaternary nitrogens is 1. The van der Waals surface area contributed by atoms with Crippen LogP contribution in [-0.4, -0.2) is 18.0 Å². The average Bonchev–Trinajstić information content (AvgIpc) is 2.64. The molecule has 0 N–H and O–H groups in total. The van der Waals surface area contributed by atoms with Gasteiger partial charge < -0.3 is 9.85 Å². The van der Waals surface area contributed by atoms with Crippen molar-refractivity contribution in [1.82, 2.24) is 4.65 Å². The van der Waals surface area contributed by atoms with E-state index < -0.39 is 32.6 Å². The van der Waals surface area contributed by atoms with Gasteiger partial charge >= 0.3 is 0 Å². The molecule has 1 aromatic carbocycles. The molecule has 92 valence electrons. The summed E-state index contributed by atoms with van der Waals surface area (Å²) in [5.74, 6) is -2.29. The standard InChI is InChI=1S/C10H10F2N2O3/c11-8-5-7(13(15)16)6-9(12)10(8)14(17)3-1-2-4-14/h5-6H,1-4H2. The lowest BCUT2D eigenvalue weighted by atomic mass is 10.2. The van der Waals surface area contributed by atoms with E-state index in [4.69, 9.17) is 0 Å². The zero-order valence-electron chi connectivity index (χ0n) is 8.86. The van der Waals surface area contributed by atoms with Crippen LogP contribution in [0.4, 0.5) is 20.2 Å². The number of hydrogen-bond acceptors (Lipinski definition) is 3. The van der Waals surface area contributed by atoms with Gasteiger partial charge in [0, 0.05) is 12.8 Å². The predicted octanol–water partition coefficient (Wildman–Crippen LogP) is 2.47. The summed E-state index contributed by atoms with van der Waals surface area (Å²) in [6.07, 6.45) is 1.19. The van der Waals surface area contributed by atoms with Crippen LogP contribution in [0.2, 0.25) is 0 Å². The molecule has 7 heteroatoms. The van der Waals surface area contributed by atoms with E-state index in [9.17, 15) is 24.1 Å². The number of nitro benzene ring substituents is 1. The molecule has 1 fully saturated rings. The van der Waals surface area contributed by atoms with Gasteiger partial charge in [-0.1, -0.05) is 0 Å². The second kappa shape index (κ2) is 4.01. The Morgan fingerprint density at radius 1 is 1.18 bits per heavy atom. The van der Waals surface area contributed by atoms with Crippen molar-refractivity contribution in [2.24, 2.45) is 0 Å². The minimum absolute atomic E-state index is 0.103. The normalized spacial score (nSPS) is 18.3. The second-order valence-corrected chi connectivity index (χ2v) is 4.06. The number of benzene rings is 1. The van der Waals surface area contributed by atoms with Gasteiger partial charge in [0.15, 0.2) is 11.6 Å². The summed E-state index contributed by atoms with van der Waals surface area (Å²) in [6, 6.07) is 1.18. The van der Waals surface area contributed by atoms with E-state index in [0.29, 0.717) is 25.0 Å². The third-order valence-electron chi connectivity index (χ3n) is 2.91. The van der Waals surface area contributed by atoms with Crippen molar-refractivity contribution in [3.05, 3.63) is 39.1 Å². The first-order valence-electron chi connectivity index (χ1n) is 5.16. The van der Waals surface area contributed by atoms with Crippen LogP contribution in [-0.2, 0) is 0 Å².